The predicted molar refractivity (Wildman–Crippen MR) is 50.4 cm³/mol. The largest absolute Gasteiger partial charge is 0.273 e. The SMILES string of the molecule is Cl.[C-]1=CC=CC1.[C-]1=CC=CC1.[Sc]. The molecular weight excluding hydrogens is 201 g/mol. The quantitative estimate of drug-likeness (QED) is 0.541. The van der Waals surface area contributed by atoms with E-state index in [2.05, 4.69) is 24.3 Å². The second kappa shape index (κ2) is 11.1. The molecule has 0 amide bonds. The van der Waals surface area contributed by atoms with Crippen molar-refractivity contribution in [2.75, 3.05) is 0 Å². The second-order valence-corrected chi connectivity index (χ2v) is 2.01. The molecule has 2 aliphatic rings. The van der Waals surface area contributed by atoms with Gasteiger partial charge >= 0.3 is 0 Å². The van der Waals surface area contributed by atoms with Gasteiger partial charge in [-0.3, -0.25) is 12.2 Å². The minimum absolute atomic E-state index is 0. The van der Waals surface area contributed by atoms with Crippen molar-refractivity contribution in [3.63, 3.8) is 0 Å². The zero-order valence-electron chi connectivity index (χ0n) is 6.86. The average molecular weight is 212 g/mol. The van der Waals surface area contributed by atoms with Gasteiger partial charge in [-0.2, -0.15) is 12.2 Å². The molecule has 0 bridgehead atoms. The van der Waals surface area contributed by atoms with Crippen LogP contribution in [0, 0.1) is 12.2 Å². The van der Waals surface area contributed by atoms with Crippen LogP contribution in [0.4, 0.5) is 0 Å². The molecule has 2 rings (SSSR count). The molecule has 2 aliphatic carbocycles. The van der Waals surface area contributed by atoms with E-state index in [0.29, 0.717) is 0 Å². The van der Waals surface area contributed by atoms with Crippen LogP contribution < -0.4 is 0 Å². The molecule has 0 aliphatic heterocycles. The Balaban J connectivity index is 0. The van der Waals surface area contributed by atoms with Gasteiger partial charge in [0.25, 0.3) is 0 Å². The molecule has 2 heteroatoms. The van der Waals surface area contributed by atoms with Crippen LogP contribution in [0.25, 0.3) is 0 Å². The molecule has 0 N–H and O–H groups in total. The summed E-state index contributed by atoms with van der Waals surface area (Å²) in [5.41, 5.74) is 0. The van der Waals surface area contributed by atoms with E-state index < -0.39 is 0 Å². The summed E-state index contributed by atoms with van der Waals surface area (Å²) in [6.45, 7) is 0. The Morgan fingerprint density at radius 3 is 1.33 bits per heavy atom. The molecule has 0 fully saturated rings. The molecule has 1 radical (unpaired) electrons. The Morgan fingerprint density at radius 2 is 1.25 bits per heavy atom. The van der Waals surface area contributed by atoms with E-state index in [0.717, 1.165) is 12.8 Å². The molecule has 0 saturated heterocycles. The normalized spacial score (nSPS) is 14.7. The third kappa shape index (κ3) is 8.22. The first-order valence-electron chi connectivity index (χ1n) is 3.43. The summed E-state index contributed by atoms with van der Waals surface area (Å²) in [6.07, 6.45) is 20.0. The summed E-state index contributed by atoms with van der Waals surface area (Å²) < 4.78 is 0. The van der Waals surface area contributed by atoms with Gasteiger partial charge in [0, 0.05) is 25.8 Å². The minimum Gasteiger partial charge on any atom is -0.273 e. The van der Waals surface area contributed by atoms with Gasteiger partial charge in [0.1, 0.15) is 0 Å². The van der Waals surface area contributed by atoms with E-state index in [9.17, 15) is 0 Å². The Bertz CT molecular complexity index is 148. The molecule has 0 atom stereocenters. The molecule has 0 nitrogen and oxygen atoms in total. The van der Waals surface area contributed by atoms with Crippen LogP contribution in [0.1, 0.15) is 12.8 Å². The summed E-state index contributed by atoms with van der Waals surface area (Å²) in [7, 11) is 0. The molecule has 0 saturated carbocycles. The summed E-state index contributed by atoms with van der Waals surface area (Å²) in [6, 6.07) is 0. The van der Waals surface area contributed by atoms with E-state index in [1.165, 1.54) is 0 Å². The molecule has 0 aromatic heterocycles. The Morgan fingerprint density at radius 1 is 0.833 bits per heavy atom. The topological polar surface area (TPSA) is 0 Å². The summed E-state index contributed by atoms with van der Waals surface area (Å²) in [4.78, 5) is 0. The van der Waals surface area contributed by atoms with Crippen LogP contribution >= 0.6 is 12.4 Å². The van der Waals surface area contributed by atoms with Crippen molar-refractivity contribution in [3.05, 3.63) is 48.6 Å². The van der Waals surface area contributed by atoms with Gasteiger partial charge in [-0.15, -0.1) is 25.2 Å². The first-order valence-corrected chi connectivity index (χ1v) is 3.43. The van der Waals surface area contributed by atoms with Crippen LogP contribution in [-0.2, 0) is 25.8 Å². The molecular formula is C10H11ClSc-2. The Labute approximate surface area is 99.3 Å². The van der Waals surface area contributed by atoms with E-state index in [1.54, 1.807) is 0 Å². The zero-order valence-corrected chi connectivity index (χ0v) is 9.48. The first kappa shape index (κ1) is 14.6. The standard InChI is InChI=1S/2C5H5.ClH.Sc/c2*1-2-4-5-3-1;;/h2*1-3H,4H2;1H;/q2*-1;;. The zero-order chi connectivity index (χ0) is 7.07. The van der Waals surface area contributed by atoms with Gasteiger partial charge in [0.2, 0.25) is 0 Å². The Kier molecular flexibility index (Phi) is 13.6. The van der Waals surface area contributed by atoms with Gasteiger partial charge in [0.05, 0.1) is 0 Å². The van der Waals surface area contributed by atoms with Gasteiger partial charge in [-0.25, -0.2) is 24.3 Å². The average Bonchev–Trinajstić information content (AvgIpc) is 2.67. The molecule has 0 unspecified atom stereocenters. The van der Waals surface area contributed by atoms with Gasteiger partial charge in [0.15, 0.2) is 0 Å². The minimum atomic E-state index is 0. The van der Waals surface area contributed by atoms with Crippen molar-refractivity contribution in [1.82, 2.24) is 0 Å². The first-order chi connectivity index (χ1) is 5.00. The van der Waals surface area contributed by atoms with Crippen molar-refractivity contribution in [2.45, 2.75) is 12.8 Å². The van der Waals surface area contributed by atoms with E-state index in [-0.39, 0.29) is 38.3 Å². The maximum Gasteiger partial charge on any atom is 0 e. The second-order valence-electron chi connectivity index (χ2n) is 2.01. The van der Waals surface area contributed by atoms with Crippen LogP contribution in [0.15, 0.2) is 36.5 Å². The van der Waals surface area contributed by atoms with Crippen molar-refractivity contribution < 1.29 is 25.8 Å². The molecule has 0 aromatic carbocycles. The van der Waals surface area contributed by atoms with E-state index in [1.807, 2.05) is 24.3 Å². The third-order valence-electron chi connectivity index (χ3n) is 1.17. The van der Waals surface area contributed by atoms with Crippen molar-refractivity contribution in [1.29, 1.82) is 0 Å². The van der Waals surface area contributed by atoms with Crippen LogP contribution in [0.2, 0.25) is 0 Å². The van der Waals surface area contributed by atoms with Gasteiger partial charge < -0.3 is 0 Å². The van der Waals surface area contributed by atoms with Crippen LogP contribution in [-0.4, -0.2) is 0 Å². The van der Waals surface area contributed by atoms with Crippen molar-refractivity contribution >= 4 is 12.4 Å². The van der Waals surface area contributed by atoms with Gasteiger partial charge in [-0.1, -0.05) is 0 Å². The van der Waals surface area contributed by atoms with E-state index in [4.69, 9.17) is 0 Å². The summed E-state index contributed by atoms with van der Waals surface area (Å²) in [5, 5.41) is 0. The van der Waals surface area contributed by atoms with Crippen molar-refractivity contribution in [2.24, 2.45) is 0 Å². The van der Waals surface area contributed by atoms with Crippen LogP contribution in [0.5, 0.6) is 0 Å². The van der Waals surface area contributed by atoms with Crippen molar-refractivity contribution in [3.8, 4) is 0 Å². The fourth-order valence-corrected chi connectivity index (χ4v) is 0.680. The maximum atomic E-state index is 2.99. The molecule has 0 heterocycles. The predicted octanol–water partition coefficient (Wildman–Crippen LogP) is 3.03. The monoisotopic (exact) mass is 211 g/mol. The number of halogens is 1. The smallest absolute Gasteiger partial charge is 0 e. The third-order valence-corrected chi connectivity index (χ3v) is 1.17. The molecule has 12 heavy (non-hydrogen) atoms. The molecule has 0 spiro atoms. The fraction of sp³-hybridized carbons (Fsp3) is 0.200. The maximum absolute atomic E-state index is 2.99. The van der Waals surface area contributed by atoms with Crippen LogP contribution in [0.3, 0.4) is 0 Å². The van der Waals surface area contributed by atoms with Gasteiger partial charge in [-0.05, 0) is 0 Å². The number of hydrogen-bond acceptors (Lipinski definition) is 0. The molecule has 63 valence electrons. The molecule has 0 aromatic rings. The number of rotatable bonds is 0. The number of hydrogen-bond donors (Lipinski definition) is 0. The number of allylic oxidation sites excluding steroid dienone is 8. The summed E-state index contributed by atoms with van der Waals surface area (Å²) in [5.74, 6) is 0. The Hall–Kier alpha value is 0.120. The van der Waals surface area contributed by atoms with E-state index >= 15 is 0 Å². The fourth-order valence-electron chi connectivity index (χ4n) is 0.680. The summed E-state index contributed by atoms with van der Waals surface area (Å²) >= 11 is 0.